The first kappa shape index (κ1) is 26.0. The number of hydrogen-bond donors (Lipinski definition) is 3. The smallest absolute Gasteiger partial charge is 0.251 e. The average molecular weight is 541 g/mol. The zero-order valence-corrected chi connectivity index (χ0v) is 22.2. The van der Waals surface area contributed by atoms with Crippen molar-refractivity contribution in [1.82, 2.24) is 20.3 Å². The number of benzene rings is 3. The van der Waals surface area contributed by atoms with Crippen LogP contribution in [-0.4, -0.2) is 37.8 Å². The summed E-state index contributed by atoms with van der Waals surface area (Å²) in [6.45, 7) is 0. The van der Waals surface area contributed by atoms with Crippen LogP contribution in [0.5, 0.6) is 5.75 Å². The lowest BCUT2D eigenvalue weighted by Crippen LogP contribution is -2.42. The number of fused-ring (bicyclic) bond motifs is 2. The van der Waals surface area contributed by atoms with Crippen LogP contribution in [0.4, 0.5) is 0 Å². The van der Waals surface area contributed by atoms with Gasteiger partial charge in [-0.15, -0.1) is 0 Å². The molecule has 3 heterocycles. The van der Waals surface area contributed by atoms with Crippen molar-refractivity contribution in [1.29, 1.82) is 0 Å². The van der Waals surface area contributed by atoms with Crippen LogP contribution in [0.15, 0.2) is 110 Å². The number of phenolic OH excluding ortho intramolecular Hbond substituents is 1. The van der Waals surface area contributed by atoms with Crippen LogP contribution in [0.1, 0.15) is 28.0 Å². The van der Waals surface area contributed by atoms with Crippen molar-refractivity contribution < 1.29 is 14.7 Å². The molecule has 0 saturated carbocycles. The van der Waals surface area contributed by atoms with E-state index in [9.17, 15) is 14.7 Å². The second-order valence-corrected chi connectivity index (χ2v) is 10.0. The highest BCUT2D eigenvalue weighted by Gasteiger charge is 2.23. The first-order valence-electron chi connectivity index (χ1n) is 13.5. The molecule has 0 spiro atoms. The Bertz CT molecular complexity index is 1860. The maximum Gasteiger partial charge on any atom is 0.251 e. The highest BCUT2D eigenvalue weighted by atomic mass is 16.3. The minimum absolute atomic E-state index is 0.0580. The van der Waals surface area contributed by atoms with Gasteiger partial charge in [-0.1, -0.05) is 42.5 Å². The van der Waals surface area contributed by atoms with Gasteiger partial charge < -0.3 is 15.4 Å². The molecule has 0 fully saturated rings. The topological polar surface area (TPSA) is 108 Å². The Balaban J connectivity index is 1.26. The zero-order chi connectivity index (χ0) is 28.2. The van der Waals surface area contributed by atoms with Crippen molar-refractivity contribution in [3.05, 3.63) is 126 Å². The van der Waals surface area contributed by atoms with E-state index < -0.39 is 6.04 Å². The summed E-state index contributed by atoms with van der Waals surface area (Å²) >= 11 is 0. The van der Waals surface area contributed by atoms with Gasteiger partial charge in [-0.25, -0.2) is 0 Å². The number of rotatable bonds is 9. The number of H-pyrrole nitrogens is 1. The summed E-state index contributed by atoms with van der Waals surface area (Å²) in [6, 6.07) is 27.3. The van der Waals surface area contributed by atoms with Gasteiger partial charge in [0.25, 0.3) is 5.91 Å². The van der Waals surface area contributed by atoms with Gasteiger partial charge in [0, 0.05) is 59.0 Å². The number of hydrogen-bond acceptors (Lipinski definition) is 5. The third-order valence-corrected chi connectivity index (χ3v) is 7.29. The lowest BCUT2D eigenvalue weighted by molar-refractivity contribution is -0.120. The molecule has 7 nitrogen and oxygen atoms in total. The highest BCUT2D eigenvalue weighted by molar-refractivity contribution is 5.99. The quantitative estimate of drug-likeness (QED) is 0.208. The SMILES string of the molecule is O=C(NC(Cc1c[nH]c2ccccc12)C(=O)CCc1ccccn1)c1cccc(-c2cc(O)c3ncccc3c2)c1. The third kappa shape index (κ3) is 5.70. The van der Waals surface area contributed by atoms with E-state index in [1.54, 1.807) is 36.7 Å². The molecule has 3 aromatic carbocycles. The molecular formula is C34H28N4O3. The van der Waals surface area contributed by atoms with Gasteiger partial charge in [-0.3, -0.25) is 19.6 Å². The number of amides is 1. The summed E-state index contributed by atoms with van der Waals surface area (Å²) in [5, 5.41) is 15.4. The molecule has 3 aromatic heterocycles. The number of aryl methyl sites for hydroxylation is 1. The lowest BCUT2D eigenvalue weighted by atomic mass is 9.97. The maximum atomic E-state index is 13.5. The van der Waals surface area contributed by atoms with E-state index in [-0.39, 0.29) is 23.9 Å². The predicted octanol–water partition coefficient (Wildman–Crippen LogP) is 6.03. The van der Waals surface area contributed by atoms with Crippen molar-refractivity contribution in [2.24, 2.45) is 0 Å². The molecule has 0 radical (unpaired) electrons. The van der Waals surface area contributed by atoms with Gasteiger partial charge in [-0.2, -0.15) is 0 Å². The highest BCUT2D eigenvalue weighted by Crippen LogP contribution is 2.31. The van der Waals surface area contributed by atoms with E-state index in [1.165, 1.54) is 0 Å². The summed E-state index contributed by atoms with van der Waals surface area (Å²) < 4.78 is 0. The fourth-order valence-corrected chi connectivity index (χ4v) is 5.16. The fourth-order valence-electron chi connectivity index (χ4n) is 5.16. The van der Waals surface area contributed by atoms with Gasteiger partial charge in [0.15, 0.2) is 5.78 Å². The molecule has 3 N–H and O–H groups in total. The summed E-state index contributed by atoms with van der Waals surface area (Å²) in [5.74, 6) is -0.322. The molecule has 6 aromatic rings. The van der Waals surface area contributed by atoms with E-state index in [0.29, 0.717) is 23.9 Å². The molecule has 0 aliphatic rings. The summed E-state index contributed by atoms with van der Waals surface area (Å²) in [5.41, 5.74) is 5.26. The Morgan fingerprint density at radius 1 is 0.854 bits per heavy atom. The predicted molar refractivity (Wildman–Crippen MR) is 160 cm³/mol. The molecule has 0 aliphatic carbocycles. The standard InChI is InChI=1S/C34H28N4O3/c39-31(14-13-27-10-3-4-15-35-27)30(19-26-21-37-29-12-2-1-11-28(26)29)38-34(41)24-8-5-7-22(17-24)25-18-23-9-6-16-36-33(23)32(40)20-25/h1-12,15-18,20-21,30,37,40H,13-14,19H2,(H,38,41). The van der Waals surface area contributed by atoms with Crippen molar-refractivity contribution >= 4 is 33.5 Å². The minimum atomic E-state index is -0.718. The minimum Gasteiger partial charge on any atom is -0.506 e. The van der Waals surface area contributed by atoms with Gasteiger partial charge in [-0.05, 0) is 71.6 Å². The molecule has 1 atom stereocenters. The molecule has 0 bridgehead atoms. The number of nitrogens with one attached hydrogen (secondary N) is 2. The van der Waals surface area contributed by atoms with Crippen molar-refractivity contribution in [2.45, 2.75) is 25.3 Å². The normalized spacial score (nSPS) is 11.9. The van der Waals surface area contributed by atoms with Crippen LogP contribution in [0.3, 0.4) is 0 Å². The molecule has 0 saturated heterocycles. The molecule has 1 unspecified atom stereocenters. The molecule has 202 valence electrons. The second-order valence-electron chi connectivity index (χ2n) is 10.0. The number of aromatic hydroxyl groups is 1. The van der Waals surface area contributed by atoms with E-state index in [4.69, 9.17) is 0 Å². The van der Waals surface area contributed by atoms with E-state index in [1.807, 2.05) is 72.9 Å². The monoisotopic (exact) mass is 540 g/mol. The molecule has 0 aliphatic heterocycles. The molecule has 41 heavy (non-hydrogen) atoms. The Morgan fingerprint density at radius 2 is 1.71 bits per heavy atom. The van der Waals surface area contributed by atoms with Crippen LogP contribution in [0.2, 0.25) is 0 Å². The Morgan fingerprint density at radius 3 is 2.59 bits per heavy atom. The first-order valence-corrected chi connectivity index (χ1v) is 13.5. The number of pyridine rings is 2. The van der Waals surface area contributed by atoms with Crippen molar-refractivity contribution in [3.8, 4) is 16.9 Å². The average Bonchev–Trinajstić information content (AvgIpc) is 3.42. The molecular weight excluding hydrogens is 512 g/mol. The number of Topliss-reactive ketones (excluding diaryl/α,β-unsaturated/α-hetero) is 1. The Labute approximate surface area is 236 Å². The van der Waals surface area contributed by atoms with Gasteiger partial charge in [0.1, 0.15) is 11.3 Å². The van der Waals surface area contributed by atoms with Crippen LogP contribution in [-0.2, 0) is 17.6 Å². The number of nitrogens with zero attached hydrogens (tertiary/aromatic N) is 2. The maximum absolute atomic E-state index is 13.5. The number of aromatic nitrogens is 3. The Kier molecular flexibility index (Phi) is 7.24. The van der Waals surface area contributed by atoms with Crippen LogP contribution >= 0.6 is 0 Å². The number of para-hydroxylation sites is 1. The number of carbonyl (C=O) groups is 2. The van der Waals surface area contributed by atoms with E-state index in [2.05, 4.69) is 20.3 Å². The van der Waals surface area contributed by atoms with Gasteiger partial charge in [0.2, 0.25) is 0 Å². The summed E-state index contributed by atoms with van der Waals surface area (Å²) in [7, 11) is 0. The second kappa shape index (κ2) is 11.4. The number of phenols is 1. The summed E-state index contributed by atoms with van der Waals surface area (Å²) in [6.07, 6.45) is 6.37. The molecule has 1 amide bonds. The Hall–Kier alpha value is -5.30. The van der Waals surface area contributed by atoms with Crippen molar-refractivity contribution in [3.63, 3.8) is 0 Å². The van der Waals surface area contributed by atoms with Gasteiger partial charge in [0.05, 0.1) is 6.04 Å². The van der Waals surface area contributed by atoms with Gasteiger partial charge >= 0.3 is 0 Å². The number of aromatic amines is 1. The number of ketones is 1. The van der Waals surface area contributed by atoms with Crippen LogP contribution < -0.4 is 5.32 Å². The van der Waals surface area contributed by atoms with Crippen LogP contribution in [0, 0.1) is 0 Å². The number of carbonyl (C=O) groups excluding carboxylic acids is 2. The van der Waals surface area contributed by atoms with Crippen molar-refractivity contribution in [2.75, 3.05) is 0 Å². The third-order valence-electron chi connectivity index (χ3n) is 7.29. The molecule has 7 heteroatoms. The van der Waals surface area contributed by atoms with E-state index >= 15 is 0 Å². The van der Waals surface area contributed by atoms with Crippen LogP contribution in [0.25, 0.3) is 32.9 Å². The van der Waals surface area contributed by atoms with E-state index in [0.717, 1.165) is 38.7 Å². The molecule has 6 rings (SSSR count). The summed E-state index contributed by atoms with van der Waals surface area (Å²) in [4.78, 5) is 38.9. The zero-order valence-electron chi connectivity index (χ0n) is 22.2. The largest absolute Gasteiger partial charge is 0.506 e. The fraction of sp³-hybridized carbons (Fsp3) is 0.118. The first-order chi connectivity index (χ1) is 20.0. The lowest BCUT2D eigenvalue weighted by Gasteiger charge is -2.18.